The van der Waals surface area contributed by atoms with Gasteiger partial charge in [-0.3, -0.25) is 19.4 Å². The zero-order chi connectivity index (χ0) is 21.6. The van der Waals surface area contributed by atoms with Gasteiger partial charge in [-0.05, 0) is 5.56 Å². The number of benzene rings is 1. The lowest BCUT2D eigenvalue weighted by molar-refractivity contribution is -0.120. The van der Waals surface area contributed by atoms with E-state index in [4.69, 9.17) is 4.74 Å². The molecule has 2 fully saturated rings. The van der Waals surface area contributed by atoms with Gasteiger partial charge >= 0.3 is 0 Å². The number of aromatic nitrogens is 2. The summed E-state index contributed by atoms with van der Waals surface area (Å²) in [5.74, 6) is 0.809. The van der Waals surface area contributed by atoms with Gasteiger partial charge in [-0.25, -0.2) is 0 Å². The molecule has 1 N–H and O–H groups in total. The first-order chi connectivity index (χ1) is 15.2. The van der Waals surface area contributed by atoms with Gasteiger partial charge in [0, 0.05) is 53.0 Å². The van der Waals surface area contributed by atoms with Crippen LogP contribution in [-0.2, 0) is 16.6 Å². The van der Waals surface area contributed by atoms with Crippen LogP contribution in [-0.4, -0.2) is 91.0 Å². The van der Waals surface area contributed by atoms with Gasteiger partial charge in [0.25, 0.3) is 0 Å². The highest BCUT2D eigenvalue weighted by molar-refractivity contribution is 14.0. The van der Waals surface area contributed by atoms with Crippen LogP contribution in [0.3, 0.4) is 0 Å². The maximum atomic E-state index is 12.8. The molecule has 1 amide bonds. The number of guanidine groups is 1. The maximum absolute atomic E-state index is 12.8. The van der Waals surface area contributed by atoms with Crippen molar-refractivity contribution in [3.8, 4) is 0 Å². The number of halogens is 1. The van der Waals surface area contributed by atoms with E-state index in [0.717, 1.165) is 38.0 Å². The molecule has 1 atom stereocenters. The minimum Gasteiger partial charge on any atom is -0.379 e. The lowest BCUT2D eigenvalue weighted by Crippen LogP contribution is -2.56. The fourth-order valence-electron chi connectivity index (χ4n) is 4.22. The minimum atomic E-state index is 0. The van der Waals surface area contributed by atoms with E-state index < -0.39 is 0 Å². The molecule has 0 saturated carbocycles. The summed E-state index contributed by atoms with van der Waals surface area (Å²) < 4.78 is 7.26. The molecule has 0 spiro atoms. The first kappa shape index (κ1) is 24.5. The Hall–Kier alpha value is -2.18. The molecular formula is C22H32IN7O2. The molecular weight excluding hydrogens is 521 g/mol. The third kappa shape index (κ3) is 5.78. The molecule has 2 saturated heterocycles. The molecule has 2 aliphatic heterocycles. The van der Waals surface area contributed by atoms with Crippen LogP contribution in [0.2, 0.25) is 0 Å². The Bertz CT molecular complexity index is 899. The van der Waals surface area contributed by atoms with Gasteiger partial charge in [0.15, 0.2) is 5.96 Å². The number of rotatable bonds is 5. The largest absolute Gasteiger partial charge is 0.379 e. The molecule has 1 aromatic heterocycles. The lowest BCUT2D eigenvalue weighted by Gasteiger charge is -2.38. The Morgan fingerprint density at radius 3 is 2.56 bits per heavy atom. The fourth-order valence-corrected chi connectivity index (χ4v) is 4.22. The van der Waals surface area contributed by atoms with Gasteiger partial charge in [0.1, 0.15) is 6.54 Å². The number of hydrogen-bond donors (Lipinski definition) is 1. The number of nitrogens with zero attached hydrogens (tertiary/aromatic N) is 6. The predicted octanol–water partition coefficient (Wildman–Crippen LogP) is 1.34. The summed E-state index contributed by atoms with van der Waals surface area (Å²) in [5.41, 5.74) is 2.11. The summed E-state index contributed by atoms with van der Waals surface area (Å²) in [4.78, 5) is 23.5. The van der Waals surface area contributed by atoms with E-state index in [1.807, 2.05) is 24.2 Å². The molecule has 0 aliphatic carbocycles. The van der Waals surface area contributed by atoms with Crippen LogP contribution in [0.15, 0.2) is 47.7 Å². The van der Waals surface area contributed by atoms with Gasteiger partial charge < -0.3 is 19.9 Å². The molecule has 2 aromatic rings. The second-order valence-corrected chi connectivity index (χ2v) is 7.84. The molecule has 32 heavy (non-hydrogen) atoms. The number of amides is 1. The molecule has 174 valence electrons. The summed E-state index contributed by atoms with van der Waals surface area (Å²) in [7, 11) is 3.63. The van der Waals surface area contributed by atoms with Crippen molar-refractivity contribution in [3.63, 3.8) is 0 Å². The molecule has 0 radical (unpaired) electrons. The van der Waals surface area contributed by atoms with Gasteiger partial charge in [0.05, 0.1) is 31.1 Å². The Labute approximate surface area is 206 Å². The monoisotopic (exact) mass is 553 g/mol. The van der Waals surface area contributed by atoms with Crippen LogP contribution < -0.4 is 10.2 Å². The number of anilines is 1. The van der Waals surface area contributed by atoms with E-state index in [-0.39, 0.29) is 35.9 Å². The average molecular weight is 553 g/mol. The maximum Gasteiger partial charge on any atom is 0.246 e. The van der Waals surface area contributed by atoms with Gasteiger partial charge in [0.2, 0.25) is 5.91 Å². The number of nitrogens with one attached hydrogen (secondary N) is 1. The number of carbonyl (C=O) groups excluding carboxylic acids is 1. The SMILES string of the molecule is CN=C(NCC(c1ccccc1)N1CCOCC1)N1CCN(c2cnn(C)c2)C(=O)C1.I. The van der Waals surface area contributed by atoms with Crippen molar-refractivity contribution in [3.05, 3.63) is 48.3 Å². The number of hydrogen-bond acceptors (Lipinski definition) is 5. The smallest absolute Gasteiger partial charge is 0.246 e. The van der Waals surface area contributed by atoms with Gasteiger partial charge in [-0.15, -0.1) is 24.0 Å². The Morgan fingerprint density at radius 2 is 1.94 bits per heavy atom. The Balaban J connectivity index is 0.00000289. The third-order valence-corrected chi connectivity index (χ3v) is 5.86. The zero-order valence-electron chi connectivity index (χ0n) is 18.7. The van der Waals surface area contributed by atoms with E-state index in [9.17, 15) is 4.79 Å². The average Bonchev–Trinajstić information content (AvgIpc) is 3.24. The summed E-state index contributed by atoms with van der Waals surface area (Å²) in [6.07, 6.45) is 3.60. The third-order valence-electron chi connectivity index (χ3n) is 5.86. The first-order valence-electron chi connectivity index (χ1n) is 10.8. The number of piperazine rings is 1. The lowest BCUT2D eigenvalue weighted by atomic mass is 10.0. The molecule has 4 rings (SSSR count). The van der Waals surface area contributed by atoms with E-state index in [1.165, 1.54) is 5.56 Å². The molecule has 10 heteroatoms. The highest BCUT2D eigenvalue weighted by Gasteiger charge is 2.29. The highest BCUT2D eigenvalue weighted by Crippen LogP contribution is 2.21. The van der Waals surface area contributed by atoms with E-state index >= 15 is 0 Å². The van der Waals surface area contributed by atoms with Crippen LogP contribution >= 0.6 is 24.0 Å². The van der Waals surface area contributed by atoms with E-state index in [2.05, 4.69) is 44.6 Å². The van der Waals surface area contributed by atoms with Crippen molar-refractivity contribution >= 4 is 41.5 Å². The molecule has 1 aromatic carbocycles. The quantitative estimate of drug-likeness (QED) is 0.342. The number of morpholine rings is 1. The standard InChI is InChI=1S/C22H31N7O2.HI/c1-23-22(28-8-9-29(21(30)17-28)19-14-25-26(2)16-19)24-15-20(18-6-4-3-5-7-18)27-10-12-31-13-11-27;/h3-7,14,16,20H,8-13,15,17H2,1-2H3,(H,23,24);1H. The summed E-state index contributed by atoms with van der Waals surface area (Å²) >= 11 is 0. The number of aliphatic imine (C=N–C) groups is 1. The Kier molecular flexibility index (Phi) is 8.88. The van der Waals surface area contributed by atoms with Crippen LogP contribution in [0.4, 0.5) is 5.69 Å². The summed E-state index contributed by atoms with van der Waals surface area (Å²) in [5, 5.41) is 7.70. The van der Waals surface area contributed by atoms with Crippen molar-refractivity contribution in [2.45, 2.75) is 6.04 Å². The molecule has 0 bridgehead atoms. The van der Waals surface area contributed by atoms with Crippen molar-refractivity contribution < 1.29 is 9.53 Å². The van der Waals surface area contributed by atoms with E-state index in [0.29, 0.717) is 26.2 Å². The van der Waals surface area contributed by atoms with Crippen LogP contribution in [0.1, 0.15) is 11.6 Å². The van der Waals surface area contributed by atoms with Crippen molar-refractivity contribution in [1.29, 1.82) is 0 Å². The van der Waals surface area contributed by atoms with Crippen molar-refractivity contribution in [2.24, 2.45) is 12.0 Å². The second kappa shape index (κ2) is 11.6. The number of ether oxygens (including phenoxy) is 1. The summed E-state index contributed by atoms with van der Waals surface area (Å²) in [6, 6.07) is 10.7. The zero-order valence-corrected chi connectivity index (χ0v) is 21.0. The molecule has 9 nitrogen and oxygen atoms in total. The second-order valence-electron chi connectivity index (χ2n) is 7.84. The van der Waals surface area contributed by atoms with Crippen molar-refractivity contribution in [2.75, 3.05) is 64.4 Å². The first-order valence-corrected chi connectivity index (χ1v) is 10.8. The normalized spacial score (nSPS) is 18.9. The Morgan fingerprint density at radius 1 is 1.19 bits per heavy atom. The van der Waals surface area contributed by atoms with Crippen molar-refractivity contribution in [1.82, 2.24) is 24.9 Å². The number of aryl methyl sites for hydroxylation is 1. The molecule has 3 heterocycles. The molecule has 1 unspecified atom stereocenters. The fraction of sp³-hybridized carbons (Fsp3) is 0.500. The minimum absolute atomic E-state index is 0. The highest BCUT2D eigenvalue weighted by atomic mass is 127. The van der Waals surface area contributed by atoms with Gasteiger partial charge in [-0.2, -0.15) is 5.10 Å². The van der Waals surface area contributed by atoms with Crippen LogP contribution in [0.5, 0.6) is 0 Å². The van der Waals surface area contributed by atoms with Crippen LogP contribution in [0, 0.1) is 0 Å². The predicted molar refractivity (Wildman–Crippen MR) is 135 cm³/mol. The van der Waals surface area contributed by atoms with Gasteiger partial charge in [-0.1, -0.05) is 30.3 Å². The topological polar surface area (TPSA) is 78.2 Å². The summed E-state index contributed by atoms with van der Waals surface area (Å²) in [6.45, 7) is 5.65. The van der Waals surface area contributed by atoms with E-state index in [1.54, 1.807) is 22.8 Å². The van der Waals surface area contributed by atoms with Crippen LogP contribution in [0.25, 0.3) is 0 Å². The number of carbonyl (C=O) groups is 1. The molecule has 2 aliphatic rings.